The van der Waals surface area contributed by atoms with Gasteiger partial charge in [-0.15, -0.1) is 0 Å². The third-order valence-corrected chi connectivity index (χ3v) is 3.66. The van der Waals surface area contributed by atoms with Gasteiger partial charge in [-0.05, 0) is 18.1 Å². The van der Waals surface area contributed by atoms with Gasteiger partial charge in [0.15, 0.2) is 5.78 Å². The number of hydrogen-bond acceptors (Lipinski definition) is 2. The number of anilines is 1. The number of hydrogen-bond donors (Lipinski definition) is 0. The Morgan fingerprint density at radius 2 is 2.19 bits per heavy atom. The molecule has 0 aliphatic heterocycles. The maximum atomic E-state index is 11.8. The molecular weight excluding hydrogens is 270 g/mol. The van der Waals surface area contributed by atoms with Crippen LogP contribution in [0.15, 0.2) is 18.2 Å². The van der Waals surface area contributed by atoms with Crippen molar-refractivity contribution in [3.05, 3.63) is 29.3 Å². The minimum atomic E-state index is -0.149. The van der Waals surface area contributed by atoms with Crippen molar-refractivity contribution < 1.29 is 9.59 Å². The molecule has 1 unspecified atom stereocenters. The highest BCUT2D eigenvalue weighted by atomic mass is 79.9. The van der Waals surface area contributed by atoms with Gasteiger partial charge in [-0.1, -0.05) is 28.1 Å². The van der Waals surface area contributed by atoms with Crippen molar-refractivity contribution >= 4 is 33.3 Å². The lowest BCUT2D eigenvalue weighted by Gasteiger charge is -2.18. The summed E-state index contributed by atoms with van der Waals surface area (Å²) in [5.41, 5.74) is 2.53. The smallest absolute Gasteiger partial charge is 0.223 e. The van der Waals surface area contributed by atoms with Gasteiger partial charge in [-0.25, -0.2) is 0 Å². The highest BCUT2D eigenvalue weighted by Crippen LogP contribution is 2.33. The molecule has 0 saturated heterocycles. The molecule has 1 aliphatic carbocycles. The fraction of sp³-hybridized carbons (Fsp3) is 0.333. The van der Waals surface area contributed by atoms with Crippen molar-refractivity contribution in [2.45, 2.75) is 18.2 Å². The van der Waals surface area contributed by atoms with Crippen molar-refractivity contribution in [1.82, 2.24) is 0 Å². The number of benzene rings is 1. The van der Waals surface area contributed by atoms with Gasteiger partial charge < -0.3 is 4.90 Å². The molecule has 1 atom stereocenters. The van der Waals surface area contributed by atoms with Crippen LogP contribution in [0, 0.1) is 0 Å². The highest BCUT2D eigenvalue weighted by molar-refractivity contribution is 9.10. The van der Waals surface area contributed by atoms with Gasteiger partial charge in [0.25, 0.3) is 0 Å². The maximum absolute atomic E-state index is 11.8. The number of carbonyl (C=O) groups is 2. The summed E-state index contributed by atoms with van der Waals surface area (Å²) < 4.78 is 0. The second kappa shape index (κ2) is 4.01. The third-order valence-electron chi connectivity index (χ3n) is 2.92. The lowest BCUT2D eigenvalue weighted by molar-refractivity contribution is -0.116. The molecule has 4 heteroatoms. The Hall–Kier alpha value is -1.16. The van der Waals surface area contributed by atoms with E-state index >= 15 is 0 Å². The summed E-state index contributed by atoms with van der Waals surface area (Å²) in [6.45, 7) is 1.52. The summed E-state index contributed by atoms with van der Waals surface area (Å²) in [6, 6.07) is 5.51. The predicted molar refractivity (Wildman–Crippen MR) is 66.3 cm³/mol. The van der Waals surface area contributed by atoms with Crippen LogP contribution in [-0.4, -0.2) is 23.6 Å². The predicted octanol–water partition coefficient (Wildman–Crippen LogP) is 2.17. The van der Waals surface area contributed by atoms with Crippen LogP contribution in [0.5, 0.6) is 0 Å². The van der Waals surface area contributed by atoms with Crippen LogP contribution in [0.2, 0.25) is 0 Å². The molecule has 1 aromatic rings. The molecule has 84 valence electrons. The van der Waals surface area contributed by atoms with Crippen molar-refractivity contribution in [3.63, 3.8) is 0 Å². The summed E-state index contributed by atoms with van der Waals surface area (Å²) in [5, 5.41) is 0. The number of fused-ring (bicyclic) bond motifs is 1. The second-order valence-corrected chi connectivity index (χ2v) is 5.02. The fourth-order valence-corrected chi connectivity index (χ4v) is 2.51. The van der Waals surface area contributed by atoms with Crippen molar-refractivity contribution in [2.24, 2.45) is 0 Å². The average molecular weight is 282 g/mol. The van der Waals surface area contributed by atoms with Crippen molar-refractivity contribution in [3.8, 4) is 0 Å². The molecule has 16 heavy (non-hydrogen) atoms. The topological polar surface area (TPSA) is 37.4 Å². The zero-order valence-electron chi connectivity index (χ0n) is 9.16. The number of ketones is 1. The Morgan fingerprint density at radius 3 is 2.81 bits per heavy atom. The number of alkyl halides is 1. The van der Waals surface area contributed by atoms with E-state index < -0.39 is 0 Å². The molecule has 0 N–H and O–H groups in total. The summed E-state index contributed by atoms with van der Waals surface area (Å²) in [7, 11) is 1.73. The first-order chi connectivity index (χ1) is 7.52. The van der Waals surface area contributed by atoms with Gasteiger partial charge in [-0.2, -0.15) is 0 Å². The Kier molecular flexibility index (Phi) is 2.84. The van der Waals surface area contributed by atoms with E-state index in [1.807, 2.05) is 18.2 Å². The number of rotatable bonds is 1. The first kappa shape index (κ1) is 11.3. The normalized spacial score (nSPS) is 18.4. The molecule has 0 radical (unpaired) electrons. The Morgan fingerprint density at radius 1 is 1.50 bits per heavy atom. The van der Waals surface area contributed by atoms with Crippen LogP contribution in [0.4, 0.5) is 5.69 Å². The van der Waals surface area contributed by atoms with Gasteiger partial charge in [0.2, 0.25) is 5.91 Å². The van der Waals surface area contributed by atoms with Crippen LogP contribution in [0.1, 0.15) is 22.8 Å². The van der Waals surface area contributed by atoms with E-state index in [0.29, 0.717) is 6.42 Å². The molecular formula is C12H12BrNO2. The minimum absolute atomic E-state index is 0.0288. The number of halogens is 1. The third kappa shape index (κ3) is 1.67. The largest absolute Gasteiger partial charge is 0.315 e. The fourth-order valence-electron chi connectivity index (χ4n) is 1.94. The number of Topliss-reactive ketones (excluding diaryl/α,β-unsaturated/α-hetero) is 1. The molecule has 0 saturated carbocycles. The number of amides is 1. The molecule has 0 heterocycles. The Labute approximate surface area is 103 Å². The van der Waals surface area contributed by atoms with E-state index in [0.717, 1.165) is 16.8 Å². The zero-order chi connectivity index (χ0) is 11.9. The molecule has 1 amide bonds. The molecule has 0 spiro atoms. The highest BCUT2D eigenvalue weighted by Gasteiger charge is 2.31. The van der Waals surface area contributed by atoms with E-state index in [4.69, 9.17) is 0 Å². The minimum Gasteiger partial charge on any atom is -0.315 e. The molecule has 0 bridgehead atoms. The maximum Gasteiger partial charge on any atom is 0.223 e. The zero-order valence-corrected chi connectivity index (χ0v) is 10.7. The van der Waals surface area contributed by atoms with E-state index in [1.165, 1.54) is 6.92 Å². The van der Waals surface area contributed by atoms with Gasteiger partial charge >= 0.3 is 0 Å². The van der Waals surface area contributed by atoms with Crippen LogP contribution in [-0.2, 0) is 11.2 Å². The van der Waals surface area contributed by atoms with E-state index in [2.05, 4.69) is 15.9 Å². The van der Waals surface area contributed by atoms with E-state index in [1.54, 1.807) is 11.9 Å². The SMILES string of the molecule is CC(=O)N(C)c1cccc2c1CC(Br)C2=O. The lowest BCUT2D eigenvalue weighted by atomic mass is 10.1. The van der Waals surface area contributed by atoms with Crippen LogP contribution >= 0.6 is 15.9 Å². The van der Waals surface area contributed by atoms with Crippen molar-refractivity contribution in [1.29, 1.82) is 0 Å². The lowest BCUT2D eigenvalue weighted by Crippen LogP contribution is -2.24. The van der Waals surface area contributed by atoms with Crippen LogP contribution in [0.25, 0.3) is 0 Å². The molecule has 2 rings (SSSR count). The number of carbonyl (C=O) groups excluding carboxylic acids is 2. The standard InChI is InChI=1S/C12H12BrNO2/c1-7(15)14(2)11-5-3-4-8-9(11)6-10(13)12(8)16/h3-5,10H,6H2,1-2H3. The van der Waals surface area contributed by atoms with Gasteiger partial charge in [0.1, 0.15) is 0 Å². The Bertz CT molecular complexity index is 470. The van der Waals surface area contributed by atoms with Gasteiger partial charge in [0.05, 0.1) is 4.83 Å². The first-order valence-electron chi connectivity index (χ1n) is 5.07. The summed E-state index contributed by atoms with van der Waals surface area (Å²) in [6.07, 6.45) is 0.655. The van der Waals surface area contributed by atoms with E-state index in [9.17, 15) is 9.59 Å². The Balaban J connectivity index is 2.52. The summed E-state index contributed by atoms with van der Waals surface area (Å²) >= 11 is 3.35. The second-order valence-electron chi connectivity index (χ2n) is 3.92. The summed E-state index contributed by atoms with van der Waals surface area (Å²) in [4.78, 5) is 24.6. The van der Waals surface area contributed by atoms with E-state index in [-0.39, 0.29) is 16.5 Å². The number of nitrogens with zero attached hydrogens (tertiary/aromatic N) is 1. The molecule has 0 fully saturated rings. The van der Waals surface area contributed by atoms with Crippen LogP contribution in [0.3, 0.4) is 0 Å². The monoisotopic (exact) mass is 281 g/mol. The molecule has 0 aromatic heterocycles. The molecule has 1 aliphatic rings. The quantitative estimate of drug-likeness (QED) is 0.740. The first-order valence-corrected chi connectivity index (χ1v) is 5.98. The van der Waals surface area contributed by atoms with Crippen LogP contribution < -0.4 is 4.90 Å². The average Bonchev–Trinajstić information content (AvgIpc) is 2.54. The molecule has 3 nitrogen and oxygen atoms in total. The van der Waals surface area contributed by atoms with Gasteiger partial charge in [0, 0.05) is 25.2 Å². The molecule has 1 aromatic carbocycles. The van der Waals surface area contributed by atoms with Gasteiger partial charge in [-0.3, -0.25) is 9.59 Å². The summed E-state index contributed by atoms with van der Waals surface area (Å²) in [5.74, 6) is 0.0765. The van der Waals surface area contributed by atoms with Crippen molar-refractivity contribution in [2.75, 3.05) is 11.9 Å².